The lowest BCUT2D eigenvalue weighted by Gasteiger charge is -2.29. The van der Waals surface area contributed by atoms with Crippen molar-refractivity contribution in [1.82, 2.24) is 9.88 Å². The molecule has 0 aliphatic carbocycles. The first-order chi connectivity index (χ1) is 12.8. The smallest absolute Gasteiger partial charge is 0.249 e. The first-order valence-electron chi connectivity index (χ1n) is 9.09. The summed E-state index contributed by atoms with van der Waals surface area (Å²) < 4.78 is 0. The monoisotopic (exact) mass is 401 g/mol. The standard InChI is InChI=1S/C20H23N3O2S2/c1-11-7-13(3)14(8-12(11)2)15-9-26-19(21-15)22-18(25)16-10-27-20(4)6-5-17(24)23(16)20/h7-9,16H,5-6,10H2,1-4H3,(H,21,22,25). The van der Waals surface area contributed by atoms with Gasteiger partial charge in [-0.05, 0) is 56.9 Å². The van der Waals surface area contributed by atoms with Crippen LogP contribution in [0.4, 0.5) is 5.13 Å². The van der Waals surface area contributed by atoms with Gasteiger partial charge in [0.1, 0.15) is 6.04 Å². The number of amides is 2. The van der Waals surface area contributed by atoms with Crippen molar-refractivity contribution in [2.75, 3.05) is 11.1 Å². The third-order valence-electron chi connectivity index (χ3n) is 5.60. The number of thiazole rings is 1. The Balaban J connectivity index is 1.53. The SMILES string of the molecule is Cc1cc(C)c(-c2csc(NC(=O)C3CSC4(C)CCC(=O)N34)n2)cc1C. The number of anilines is 1. The van der Waals surface area contributed by atoms with Crippen molar-refractivity contribution in [3.8, 4) is 11.3 Å². The zero-order valence-electron chi connectivity index (χ0n) is 16.0. The van der Waals surface area contributed by atoms with Gasteiger partial charge in [-0.2, -0.15) is 0 Å². The zero-order chi connectivity index (χ0) is 19.3. The number of carbonyl (C=O) groups is 2. The third-order valence-corrected chi connectivity index (χ3v) is 7.86. The lowest BCUT2D eigenvalue weighted by atomic mass is 9.99. The van der Waals surface area contributed by atoms with E-state index in [-0.39, 0.29) is 16.7 Å². The molecule has 142 valence electrons. The fourth-order valence-electron chi connectivity index (χ4n) is 3.89. The zero-order valence-corrected chi connectivity index (χ0v) is 17.6. The number of aromatic nitrogens is 1. The minimum atomic E-state index is -0.411. The Hall–Kier alpha value is -1.86. The summed E-state index contributed by atoms with van der Waals surface area (Å²) in [6, 6.07) is 3.90. The minimum absolute atomic E-state index is 0.0771. The Labute approximate surface area is 167 Å². The van der Waals surface area contributed by atoms with Crippen molar-refractivity contribution in [3.63, 3.8) is 0 Å². The molecule has 1 aromatic heterocycles. The quantitative estimate of drug-likeness (QED) is 0.840. The molecule has 2 saturated heterocycles. The van der Waals surface area contributed by atoms with Crippen LogP contribution in [0.5, 0.6) is 0 Å². The van der Waals surface area contributed by atoms with Crippen LogP contribution in [0.25, 0.3) is 11.3 Å². The van der Waals surface area contributed by atoms with Crippen molar-refractivity contribution in [1.29, 1.82) is 0 Å². The average molecular weight is 402 g/mol. The van der Waals surface area contributed by atoms with Crippen molar-refractivity contribution < 1.29 is 9.59 Å². The number of benzene rings is 1. The maximum Gasteiger partial charge on any atom is 0.249 e. The van der Waals surface area contributed by atoms with E-state index in [0.29, 0.717) is 17.3 Å². The molecule has 1 aromatic carbocycles. The number of nitrogens with one attached hydrogen (secondary N) is 1. The van der Waals surface area contributed by atoms with Gasteiger partial charge in [0.05, 0.1) is 10.6 Å². The molecule has 4 rings (SSSR count). The van der Waals surface area contributed by atoms with Crippen LogP contribution in [0.3, 0.4) is 0 Å². The summed E-state index contributed by atoms with van der Waals surface area (Å²) in [5.74, 6) is 0.579. The molecule has 27 heavy (non-hydrogen) atoms. The van der Waals surface area contributed by atoms with E-state index in [1.807, 2.05) is 5.38 Å². The van der Waals surface area contributed by atoms with Crippen LogP contribution in [-0.2, 0) is 9.59 Å². The van der Waals surface area contributed by atoms with Crippen molar-refractivity contribution in [2.24, 2.45) is 0 Å². The fourth-order valence-corrected chi connectivity index (χ4v) is 6.04. The molecule has 2 aliphatic rings. The molecule has 1 N–H and O–H groups in total. The summed E-state index contributed by atoms with van der Waals surface area (Å²) in [5.41, 5.74) is 5.63. The van der Waals surface area contributed by atoms with Gasteiger partial charge in [0.25, 0.3) is 0 Å². The topological polar surface area (TPSA) is 62.3 Å². The Morgan fingerprint density at radius 3 is 2.78 bits per heavy atom. The molecule has 0 saturated carbocycles. The highest BCUT2D eigenvalue weighted by Gasteiger charge is 2.52. The molecule has 7 heteroatoms. The molecule has 2 fully saturated rings. The lowest BCUT2D eigenvalue weighted by molar-refractivity contribution is -0.135. The number of nitrogens with zero attached hydrogens (tertiary/aromatic N) is 2. The molecule has 0 radical (unpaired) electrons. The van der Waals surface area contributed by atoms with Crippen LogP contribution in [0.2, 0.25) is 0 Å². The van der Waals surface area contributed by atoms with Gasteiger partial charge in [0.2, 0.25) is 11.8 Å². The van der Waals surface area contributed by atoms with E-state index in [0.717, 1.165) is 17.7 Å². The van der Waals surface area contributed by atoms with E-state index in [2.05, 4.69) is 50.1 Å². The highest BCUT2D eigenvalue weighted by molar-refractivity contribution is 8.01. The number of hydrogen-bond donors (Lipinski definition) is 1. The number of aryl methyl sites for hydroxylation is 3. The summed E-state index contributed by atoms with van der Waals surface area (Å²) in [7, 11) is 0. The van der Waals surface area contributed by atoms with E-state index in [9.17, 15) is 9.59 Å². The van der Waals surface area contributed by atoms with Gasteiger partial charge in [-0.15, -0.1) is 23.1 Å². The number of carbonyl (C=O) groups excluding carboxylic acids is 2. The number of hydrogen-bond acceptors (Lipinski definition) is 5. The summed E-state index contributed by atoms with van der Waals surface area (Å²) in [6.45, 7) is 8.33. The van der Waals surface area contributed by atoms with Gasteiger partial charge in [-0.25, -0.2) is 4.98 Å². The molecule has 2 aliphatic heterocycles. The largest absolute Gasteiger partial charge is 0.315 e. The van der Waals surface area contributed by atoms with Crippen molar-refractivity contribution in [3.05, 3.63) is 34.2 Å². The average Bonchev–Trinajstić information content (AvgIpc) is 3.27. The van der Waals surface area contributed by atoms with Gasteiger partial charge in [-0.1, -0.05) is 6.07 Å². The van der Waals surface area contributed by atoms with Crippen LogP contribution in [0.1, 0.15) is 36.5 Å². The molecule has 2 amide bonds. The second-order valence-corrected chi connectivity index (χ2v) is 9.90. The Morgan fingerprint density at radius 2 is 2.00 bits per heavy atom. The molecule has 2 aromatic rings. The normalized spacial score (nSPS) is 24.4. The van der Waals surface area contributed by atoms with Gasteiger partial charge in [0.15, 0.2) is 5.13 Å². The third kappa shape index (κ3) is 3.17. The summed E-state index contributed by atoms with van der Waals surface area (Å²) >= 11 is 3.12. The second-order valence-electron chi connectivity index (χ2n) is 7.54. The number of rotatable bonds is 3. The fraction of sp³-hybridized carbons (Fsp3) is 0.450. The minimum Gasteiger partial charge on any atom is -0.315 e. The molecule has 0 spiro atoms. The molecule has 3 heterocycles. The van der Waals surface area contributed by atoms with E-state index in [4.69, 9.17) is 0 Å². The highest BCUT2D eigenvalue weighted by Crippen LogP contribution is 2.47. The molecular formula is C20H23N3O2S2. The van der Waals surface area contributed by atoms with Gasteiger partial charge >= 0.3 is 0 Å². The van der Waals surface area contributed by atoms with E-state index in [1.165, 1.54) is 28.0 Å². The van der Waals surface area contributed by atoms with E-state index < -0.39 is 6.04 Å². The molecule has 2 atom stereocenters. The van der Waals surface area contributed by atoms with E-state index >= 15 is 0 Å². The van der Waals surface area contributed by atoms with Gasteiger partial charge in [-0.3, -0.25) is 9.59 Å². The van der Waals surface area contributed by atoms with Gasteiger partial charge in [0, 0.05) is 23.1 Å². The Morgan fingerprint density at radius 1 is 1.26 bits per heavy atom. The predicted molar refractivity (Wildman–Crippen MR) is 111 cm³/mol. The molecule has 5 nitrogen and oxygen atoms in total. The lowest BCUT2D eigenvalue weighted by Crippen LogP contribution is -2.48. The highest BCUT2D eigenvalue weighted by atomic mass is 32.2. The summed E-state index contributed by atoms with van der Waals surface area (Å²) in [4.78, 5) is 31.2. The van der Waals surface area contributed by atoms with Crippen LogP contribution in [0.15, 0.2) is 17.5 Å². The predicted octanol–water partition coefficient (Wildman–Crippen LogP) is 4.13. The first kappa shape index (κ1) is 18.5. The Bertz CT molecular complexity index is 939. The van der Waals surface area contributed by atoms with Crippen LogP contribution in [-0.4, -0.2) is 38.4 Å². The van der Waals surface area contributed by atoms with Crippen molar-refractivity contribution in [2.45, 2.75) is 51.4 Å². The molecule has 0 bridgehead atoms. The van der Waals surface area contributed by atoms with Crippen LogP contribution < -0.4 is 5.32 Å². The molecule has 2 unspecified atom stereocenters. The van der Waals surface area contributed by atoms with Crippen LogP contribution in [0, 0.1) is 20.8 Å². The number of fused-ring (bicyclic) bond motifs is 1. The number of thioether (sulfide) groups is 1. The molecular weight excluding hydrogens is 378 g/mol. The summed E-state index contributed by atoms with van der Waals surface area (Å²) in [6.07, 6.45) is 1.34. The Kier molecular flexibility index (Phi) is 4.55. The van der Waals surface area contributed by atoms with E-state index in [1.54, 1.807) is 16.7 Å². The first-order valence-corrected chi connectivity index (χ1v) is 11.0. The maximum atomic E-state index is 12.8. The van der Waals surface area contributed by atoms with Crippen molar-refractivity contribution >= 4 is 40.0 Å². The summed E-state index contributed by atoms with van der Waals surface area (Å²) in [5, 5.41) is 5.49. The van der Waals surface area contributed by atoms with Crippen LogP contribution >= 0.6 is 23.1 Å². The second kappa shape index (κ2) is 6.63. The van der Waals surface area contributed by atoms with Gasteiger partial charge < -0.3 is 10.2 Å². The maximum absolute atomic E-state index is 12.8.